The predicted molar refractivity (Wildman–Crippen MR) is 74.0 cm³/mol. The van der Waals surface area contributed by atoms with Crippen molar-refractivity contribution in [3.8, 4) is 11.5 Å². The highest BCUT2D eigenvalue weighted by atomic mass is 35.5. The molecule has 0 spiro atoms. The molecule has 1 aromatic carbocycles. The molecule has 1 heterocycles. The summed E-state index contributed by atoms with van der Waals surface area (Å²) in [5, 5.41) is 0.515. The Balaban J connectivity index is 2.48. The number of aryl methyl sites for hydroxylation is 1. The molecule has 2 aromatic rings. The Morgan fingerprint density at radius 1 is 1.21 bits per heavy atom. The quantitative estimate of drug-likeness (QED) is 0.934. The fourth-order valence-electron chi connectivity index (χ4n) is 1.95. The van der Waals surface area contributed by atoms with Gasteiger partial charge in [-0.2, -0.15) is 0 Å². The normalized spacial score (nSPS) is 12.3. The zero-order valence-corrected chi connectivity index (χ0v) is 11.8. The molecule has 0 saturated heterocycles. The Morgan fingerprint density at radius 2 is 1.84 bits per heavy atom. The van der Waals surface area contributed by atoms with Gasteiger partial charge in [0.15, 0.2) is 11.5 Å². The van der Waals surface area contributed by atoms with Crippen molar-refractivity contribution >= 4 is 11.6 Å². The second-order valence-electron chi connectivity index (χ2n) is 4.17. The highest BCUT2D eigenvalue weighted by Crippen LogP contribution is 2.37. The number of rotatable bonds is 4. The number of ether oxygens (including phenoxy) is 2. The minimum atomic E-state index is -0.442. The van der Waals surface area contributed by atoms with Crippen LogP contribution in [0.2, 0.25) is 5.02 Å². The number of halogens is 1. The van der Waals surface area contributed by atoms with Crippen LogP contribution in [-0.2, 0) is 0 Å². The van der Waals surface area contributed by atoms with Crippen LogP contribution >= 0.6 is 11.6 Å². The first-order valence-electron chi connectivity index (χ1n) is 5.79. The van der Waals surface area contributed by atoms with E-state index in [-0.39, 0.29) is 0 Å². The van der Waals surface area contributed by atoms with E-state index in [1.165, 1.54) is 0 Å². The van der Waals surface area contributed by atoms with Gasteiger partial charge in [-0.3, -0.25) is 0 Å². The molecule has 2 rings (SSSR count). The Morgan fingerprint density at radius 3 is 2.37 bits per heavy atom. The van der Waals surface area contributed by atoms with Crippen molar-refractivity contribution in [2.24, 2.45) is 5.73 Å². The molecule has 0 aliphatic carbocycles. The van der Waals surface area contributed by atoms with Crippen molar-refractivity contribution in [3.63, 3.8) is 0 Å². The highest BCUT2D eigenvalue weighted by molar-refractivity contribution is 6.31. The van der Waals surface area contributed by atoms with Gasteiger partial charge in [0.25, 0.3) is 0 Å². The summed E-state index contributed by atoms with van der Waals surface area (Å²) in [6.07, 6.45) is 1.61. The maximum atomic E-state index is 6.24. The van der Waals surface area contributed by atoms with Crippen LogP contribution in [0, 0.1) is 6.92 Å². The molecule has 0 fully saturated rings. The van der Waals surface area contributed by atoms with E-state index in [1.54, 1.807) is 32.6 Å². The van der Waals surface area contributed by atoms with Gasteiger partial charge in [0, 0.05) is 11.1 Å². The van der Waals surface area contributed by atoms with Gasteiger partial charge in [0.1, 0.15) is 5.76 Å². The molecule has 102 valence electrons. The van der Waals surface area contributed by atoms with Gasteiger partial charge in [-0.15, -0.1) is 0 Å². The van der Waals surface area contributed by atoms with E-state index in [0.29, 0.717) is 22.3 Å². The monoisotopic (exact) mass is 281 g/mol. The topological polar surface area (TPSA) is 57.6 Å². The van der Waals surface area contributed by atoms with E-state index in [0.717, 1.165) is 11.1 Å². The molecule has 5 heteroatoms. The van der Waals surface area contributed by atoms with Crippen molar-refractivity contribution in [1.29, 1.82) is 0 Å². The van der Waals surface area contributed by atoms with Gasteiger partial charge in [-0.05, 0) is 30.2 Å². The zero-order valence-electron chi connectivity index (χ0n) is 11.1. The smallest absolute Gasteiger partial charge is 0.162 e. The minimum Gasteiger partial charge on any atom is -0.493 e. The Bertz CT molecular complexity index is 580. The molecular weight excluding hydrogens is 266 g/mol. The van der Waals surface area contributed by atoms with Crippen LogP contribution in [-0.4, -0.2) is 14.2 Å². The van der Waals surface area contributed by atoms with E-state index < -0.39 is 6.04 Å². The van der Waals surface area contributed by atoms with Crippen LogP contribution in [0.1, 0.15) is 22.9 Å². The summed E-state index contributed by atoms with van der Waals surface area (Å²) in [5.74, 6) is 1.84. The molecule has 2 N–H and O–H groups in total. The lowest BCUT2D eigenvalue weighted by Crippen LogP contribution is -2.13. The first-order valence-corrected chi connectivity index (χ1v) is 6.17. The molecule has 0 radical (unpaired) electrons. The van der Waals surface area contributed by atoms with Gasteiger partial charge in [0.2, 0.25) is 0 Å². The minimum absolute atomic E-state index is 0.442. The van der Waals surface area contributed by atoms with Crippen LogP contribution < -0.4 is 15.2 Å². The van der Waals surface area contributed by atoms with Crippen molar-refractivity contribution < 1.29 is 13.9 Å². The molecule has 19 heavy (non-hydrogen) atoms. The number of nitrogens with two attached hydrogens (primary N) is 1. The summed E-state index contributed by atoms with van der Waals surface area (Å²) in [6.45, 7) is 1.94. The maximum Gasteiger partial charge on any atom is 0.162 e. The summed E-state index contributed by atoms with van der Waals surface area (Å²) >= 11 is 6.24. The lowest BCUT2D eigenvalue weighted by Gasteiger charge is -2.16. The van der Waals surface area contributed by atoms with Gasteiger partial charge in [-0.25, -0.2) is 0 Å². The van der Waals surface area contributed by atoms with E-state index in [1.807, 2.05) is 13.0 Å². The van der Waals surface area contributed by atoms with E-state index in [9.17, 15) is 0 Å². The van der Waals surface area contributed by atoms with Crippen LogP contribution in [0.4, 0.5) is 0 Å². The lowest BCUT2D eigenvalue weighted by atomic mass is 10.0. The third-order valence-electron chi connectivity index (χ3n) is 3.02. The summed E-state index contributed by atoms with van der Waals surface area (Å²) in [7, 11) is 3.13. The second kappa shape index (κ2) is 5.55. The predicted octanol–water partition coefficient (Wildman–Crippen LogP) is 3.31. The molecule has 1 unspecified atom stereocenters. The average Bonchev–Trinajstić information content (AvgIpc) is 2.83. The molecule has 1 aromatic heterocycles. The molecule has 0 aliphatic heterocycles. The summed E-state index contributed by atoms with van der Waals surface area (Å²) in [6, 6.07) is 4.88. The van der Waals surface area contributed by atoms with Gasteiger partial charge in [0.05, 0.1) is 26.5 Å². The van der Waals surface area contributed by atoms with E-state index in [2.05, 4.69) is 0 Å². The van der Waals surface area contributed by atoms with Gasteiger partial charge < -0.3 is 19.6 Å². The summed E-state index contributed by atoms with van der Waals surface area (Å²) in [5.41, 5.74) is 7.92. The number of hydrogen-bond donors (Lipinski definition) is 1. The van der Waals surface area contributed by atoms with Crippen molar-refractivity contribution in [1.82, 2.24) is 0 Å². The van der Waals surface area contributed by atoms with Gasteiger partial charge >= 0.3 is 0 Å². The zero-order chi connectivity index (χ0) is 14.0. The Labute approximate surface area is 117 Å². The first kappa shape index (κ1) is 13.8. The Kier molecular flexibility index (Phi) is 4.02. The fraction of sp³-hybridized carbons (Fsp3) is 0.286. The molecule has 0 amide bonds. The maximum absolute atomic E-state index is 6.24. The first-order chi connectivity index (χ1) is 9.08. The van der Waals surface area contributed by atoms with Crippen LogP contribution in [0.15, 0.2) is 28.9 Å². The van der Waals surface area contributed by atoms with Crippen molar-refractivity contribution in [3.05, 3.63) is 46.4 Å². The van der Waals surface area contributed by atoms with E-state index in [4.69, 9.17) is 31.2 Å². The van der Waals surface area contributed by atoms with E-state index >= 15 is 0 Å². The van der Waals surface area contributed by atoms with Crippen LogP contribution in [0.25, 0.3) is 0 Å². The number of benzene rings is 1. The van der Waals surface area contributed by atoms with Crippen LogP contribution in [0.5, 0.6) is 11.5 Å². The molecule has 4 nitrogen and oxygen atoms in total. The third kappa shape index (κ3) is 2.55. The molecular formula is C14H16ClNO3. The lowest BCUT2D eigenvalue weighted by molar-refractivity contribution is 0.354. The molecule has 1 atom stereocenters. The highest BCUT2D eigenvalue weighted by Gasteiger charge is 2.20. The molecule has 0 saturated carbocycles. The summed E-state index contributed by atoms with van der Waals surface area (Å²) < 4.78 is 15.9. The SMILES string of the molecule is COc1cc(Cl)c(C(N)c2occc2C)cc1OC. The fourth-order valence-corrected chi connectivity index (χ4v) is 2.22. The van der Waals surface area contributed by atoms with Crippen LogP contribution in [0.3, 0.4) is 0 Å². The second-order valence-corrected chi connectivity index (χ2v) is 4.58. The summed E-state index contributed by atoms with van der Waals surface area (Å²) in [4.78, 5) is 0. The molecule has 0 bridgehead atoms. The third-order valence-corrected chi connectivity index (χ3v) is 3.35. The average molecular weight is 282 g/mol. The van der Waals surface area contributed by atoms with Crippen molar-refractivity contribution in [2.75, 3.05) is 14.2 Å². The van der Waals surface area contributed by atoms with Crippen molar-refractivity contribution in [2.45, 2.75) is 13.0 Å². The van der Waals surface area contributed by atoms with Gasteiger partial charge in [-0.1, -0.05) is 11.6 Å². The number of furan rings is 1. The molecule has 0 aliphatic rings. The number of methoxy groups -OCH3 is 2. The standard InChI is InChI=1S/C14H16ClNO3/c1-8-4-5-19-14(8)13(16)9-6-11(17-2)12(18-3)7-10(9)15/h4-7,13H,16H2,1-3H3. The largest absolute Gasteiger partial charge is 0.493 e. The number of hydrogen-bond acceptors (Lipinski definition) is 4. The Hall–Kier alpha value is -1.65.